The second kappa shape index (κ2) is 6.45. The lowest BCUT2D eigenvalue weighted by molar-refractivity contribution is 0.0183. The van der Waals surface area contributed by atoms with E-state index in [2.05, 4.69) is 5.32 Å². The average Bonchev–Trinajstić information content (AvgIpc) is 2.70. The van der Waals surface area contributed by atoms with E-state index in [-0.39, 0.29) is 0 Å². The minimum atomic E-state index is -2.39. The highest BCUT2D eigenvalue weighted by molar-refractivity contribution is 6.30. The molecule has 1 atom stereocenters. The lowest BCUT2D eigenvalue weighted by Crippen LogP contribution is -2.32. The van der Waals surface area contributed by atoms with E-state index in [0.29, 0.717) is 19.2 Å². The summed E-state index contributed by atoms with van der Waals surface area (Å²) in [6, 6.07) is 6.29. The Balaban J connectivity index is 1.68. The average molecular weight is 276 g/mol. The van der Waals surface area contributed by atoms with E-state index in [4.69, 9.17) is 16.3 Å². The van der Waals surface area contributed by atoms with Crippen molar-refractivity contribution in [2.75, 3.05) is 19.8 Å². The summed E-state index contributed by atoms with van der Waals surface area (Å²) in [7, 11) is 0. The minimum absolute atomic E-state index is 0.317. The normalized spacial score (nSPS) is 18.3. The van der Waals surface area contributed by atoms with Gasteiger partial charge in [-0.2, -0.15) is 0 Å². The second-order valence-electron chi connectivity index (χ2n) is 4.44. The molecule has 1 N–H and O–H groups in total. The Morgan fingerprint density at radius 1 is 1.33 bits per heavy atom. The molecule has 1 aliphatic carbocycles. The lowest BCUT2D eigenvalue weighted by Gasteiger charge is -2.11. The Hall–Kier alpha value is -0.710. The Morgan fingerprint density at radius 2 is 2.11 bits per heavy atom. The first-order valence-electron chi connectivity index (χ1n) is 6.01. The van der Waals surface area contributed by atoms with Gasteiger partial charge in [-0.25, -0.2) is 8.78 Å². The zero-order valence-electron chi connectivity index (χ0n) is 9.96. The third-order valence-corrected chi connectivity index (χ3v) is 3.26. The topological polar surface area (TPSA) is 21.3 Å². The minimum Gasteiger partial charge on any atom is -0.374 e. The van der Waals surface area contributed by atoms with Crippen molar-refractivity contribution in [3.8, 4) is 0 Å². The number of nitrogens with one attached hydrogen (secondary N) is 1. The van der Waals surface area contributed by atoms with Gasteiger partial charge in [0.05, 0.1) is 6.61 Å². The fourth-order valence-electron chi connectivity index (χ4n) is 2.24. The van der Waals surface area contributed by atoms with Crippen LogP contribution < -0.4 is 5.32 Å². The molecule has 0 saturated carbocycles. The summed E-state index contributed by atoms with van der Waals surface area (Å²) >= 11 is 5.93. The predicted molar refractivity (Wildman–Crippen MR) is 67.5 cm³/mol. The SMILES string of the molecule is FC(F)COCCNC1Cc2ccc(Cl)cc2C1. The molecule has 5 heteroatoms. The molecular formula is C13H16ClF2NO. The molecule has 0 heterocycles. The first-order valence-corrected chi connectivity index (χ1v) is 6.39. The summed E-state index contributed by atoms with van der Waals surface area (Å²) in [4.78, 5) is 0. The molecule has 0 amide bonds. The summed E-state index contributed by atoms with van der Waals surface area (Å²) in [5, 5.41) is 4.07. The van der Waals surface area contributed by atoms with Gasteiger partial charge in [-0.05, 0) is 36.1 Å². The van der Waals surface area contributed by atoms with Crippen LogP contribution in [0.4, 0.5) is 8.78 Å². The lowest BCUT2D eigenvalue weighted by atomic mass is 10.1. The molecule has 0 saturated heterocycles. The molecule has 0 radical (unpaired) electrons. The maximum atomic E-state index is 11.8. The fraction of sp³-hybridized carbons (Fsp3) is 0.538. The summed E-state index contributed by atoms with van der Waals surface area (Å²) in [5.41, 5.74) is 2.58. The van der Waals surface area contributed by atoms with E-state index >= 15 is 0 Å². The molecule has 1 aromatic rings. The molecule has 0 spiro atoms. The van der Waals surface area contributed by atoms with Gasteiger partial charge < -0.3 is 10.1 Å². The van der Waals surface area contributed by atoms with E-state index in [9.17, 15) is 8.78 Å². The molecule has 0 aromatic heterocycles. The highest BCUT2D eigenvalue weighted by Crippen LogP contribution is 2.25. The Labute approximate surface area is 110 Å². The molecule has 2 rings (SSSR count). The summed E-state index contributed by atoms with van der Waals surface area (Å²) in [6.07, 6.45) is -0.491. The van der Waals surface area contributed by atoms with Gasteiger partial charge in [0.15, 0.2) is 0 Å². The number of hydrogen-bond acceptors (Lipinski definition) is 2. The van der Waals surface area contributed by atoms with Crippen LogP contribution in [-0.2, 0) is 17.6 Å². The van der Waals surface area contributed by atoms with Crippen LogP contribution in [0.25, 0.3) is 0 Å². The van der Waals surface area contributed by atoms with Gasteiger partial charge in [0.1, 0.15) is 6.61 Å². The third kappa shape index (κ3) is 3.90. The second-order valence-corrected chi connectivity index (χ2v) is 4.87. The van der Waals surface area contributed by atoms with Crippen LogP contribution in [0.5, 0.6) is 0 Å². The highest BCUT2D eigenvalue weighted by Gasteiger charge is 2.20. The van der Waals surface area contributed by atoms with E-state index < -0.39 is 13.0 Å². The monoisotopic (exact) mass is 275 g/mol. The molecule has 0 bridgehead atoms. The number of fused-ring (bicyclic) bond motifs is 1. The zero-order valence-corrected chi connectivity index (χ0v) is 10.7. The summed E-state index contributed by atoms with van der Waals surface area (Å²) in [6.45, 7) is 0.430. The van der Waals surface area contributed by atoms with Crippen molar-refractivity contribution < 1.29 is 13.5 Å². The maximum absolute atomic E-state index is 11.8. The van der Waals surface area contributed by atoms with Crippen LogP contribution in [0.15, 0.2) is 18.2 Å². The molecular weight excluding hydrogens is 260 g/mol. The van der Waals surface area contributed by atoms with Crippen LogP contribution in [0.3, 0.4) is 0 Å². The predicted octanol–water partition coefficient (Wildman–Crippen LogP) is 2.68. The largest absolute Gasteiger partial charge is 0.374 e. The van der Waals surface area contributed by atoms with Crippen molar-refractivity contribution in [2.45, 2.75) is 25.3 Å². The van der Waals surface area contributed by atoms with Gasteiger partial charge in [0.25, 0.3) is 6.43 Å². The quantitative estimate of drug-likeness (QED) is 0.806. The van der Waals surface area contributed by atoms with Gasteiger partial charge in [-0.15, -0.1) is 0 Å². The molecule has 2 nitrogen and oxygen atoms in total. The molecule has 0 fully saturated rings. The molecule has 1 aromatic carbocycles. The van der Waals surface area contributed by atoms with Gasteiger partial charge in [0.2, 0.25) is 0 Å². The number of hydrogen-bond donors (Lipinski definition) is 1. The molecule has 100 valence electrons. The van der Waals surface area contributed by atoms with Crippen LogP contribution in [-0.4, -0.2) is 32.2 Å². The standard InChI is InChI=1S/C13H16ClF2NO/c14-11-2-1-9-6-12(7-10(9)5-11)17-3-4-18-8-13(15)16/h1-2,5,12-13,17H,3-4,6-8H2. The third-order valence-electron chi connectivity index (χ3n) is 3.02. The van der Waals surface area contributed by atoms with Crippen molar-refractivity contribution in [3.05, 3.63) is 34.3 Å². The van der Waals surface area contributed by atoms with Crippen molar-refractivity contribution >= 4 is 11.6 Å². The van der Waals surface area contributed by atoms with Gasteiger partial charge >= 0.3 is 0 Å². The molecule has 1 aliphatic rings. The van der Waals surface area contributed by atoms with E-state index in [1.165, 1.54) is 11.1 Å². The molecule has 18 heavy (non-hydrogen) atoms. The van der Waals surface area contributed by atoms with Gasteiger partial charge in [-0.1, -0.05) is 17.7 Å². The number of ether oxygens (including phenoxy) is 1. The van der Waals surface area contributed by atoms with E-state index in [0.717, 1.165) is 17.9 Å². The van der Waals surface area contributed by atoms with Gasteiger partial charge in [-0.3, -0.25) is 0 Å². The Morgan fingerprint density at radius 3 is 2.89 bits per heavy atom. The Bertz CT molecular complexity index is 401. The van der Waals surface area contributed by atoms with Crippen molar-refractivity contribution in [2.24, 2.45) is 0 Å². The maximum Gasteiger partial charge on any atom is 0.261 e. The van der Waals surface area contributed by atoms with Crippen LogP contribution in [0.1, 0.15) is 11.1 Å². The van der Waals surface area contributed by atoms with Crippen molar-refractivity contribution in [3.63, 3.8) is 0 Å². The smallest absolute Gasteiger partial charge is 0.261 e. The highest BCUT2D eigenvalue weighted by atomic mass is 35.5. The van der Waals surface area contributed by atoms with Crippen molar-refractivity contribution in [1.82, 2.24) is 5.32 Å². The van der Waals surface area contributed by atoms with E-state index in [1.54, 1.807) is 0 Å². The molecule has 1 unspecified atom stereocenters. The van der Waals surface area contributed by atoms with Crippen LogP contribution in [0.2, 0.25) is 5.02 Å². The van der Waals surface area contributed by atoms with E-state index in [1.807, 2.05) is 18.2 Å². The Kier molecular flexibility index (Phi) is 4.92. The first-order chi connectivity index (χ1) is 8.65. The first kappa shape index (κ1) is 13.7. The van der Waals surface area contributed by atoms with Crippen molar-refractivity contribution in [1.29, 1.82) is 0 Å². The van der Waals surface area contributed by atoms with Crippen LogP contribution in [0, 0.1) is 0 Å². The number of rotatable bonds is 6. The fourth-order valence-corrected chi connectivity index (χ4v) is 2.43. The summed E-state index contributed by atoms with van der Waals surface area (Å²) < 4.78 is 28.5. The van der Waals surface area contributed by atoms with Crippen LogP contribution >= 0.6 is 11.6 Å². The number of alkyl halides is 2. The summed E-state index contributed by atoms with van der Waals surface area (Å²) in [5.74, 6) is 0. The van der Waals surface area contributed by atoms with Gasteiger partial charge in [0, 0.05) is 17.6 Å². The number of halogens is 3. The molecule has 0 aliphatic heterocycles. The number of benzene rings is 1. The zero-order chi connectivity index (χ0) is 13.0.